The normalized spacial score (nSPS) is 18.4. The van der Waals surface area contributed by atoms with E-state index in [2.05, 4.69) is 0 Å². The van der Waals surface area contributed by atoms with Crippen LogP contribution in [0.4, 0.5) is 5.69 Å². The summed E-state index contributed by atoms with van der Waals surface area (Å²) in [6.45, 7) is 1.55. The number of nitrogens with zero attached hydrogens (tertiary/aromatic N) is 1. The van der Waals surface area contributed by atoms with Crippen LogP contribution in [-0.2, 0) is 0 Å². The van der Waals surface area contributed by atoms with Crippen molar-refractivity contribution in [2.75, 3.05) is 18.0 Å². The van der Waals surface area contributed by atoms with Gasteiger partial charge < -0.3 is 10.0 Å². The fourth-order valence-electron chi connectivity index (χ4n) is 1.96. The van der Waals surface area contributed by atoms with Gasteiger partial charge in [0.25, 0.3) is 10.9 Å². The third-order valence-electron chi connectivity index (χ3n) is 2.78. The molecule has 1 aliphatic rings. The Labute approximate surface area is 81.5 Å². The van der Waals surface area contributed by atoms with Crippen LogP contribution in [0.2, 0.25) is 0 Å². The zero-order chi connectivity index (χ0) is 10.1. The Morgan fingerprint density at radius 1 is 0.929 bits per heavy atom. The van der Waals surface area contributed by atoms with E-state index in [-0.39, 0.29) is 11.4 Å². The van der Waals surface area contributed by atoms with E-state index in [1.54, 1.807) is 0 Å². The van der Waals surface area contributed by atoms with Crippen LogP contribution in [0.3, 0.4) is 0 Å². The smallest absolute Gasteiger partial charge is 0.271 e. The zero-order valence-corrected chi connectivity index (χ0v) is 7.95. The second kappa shape index (κ2) is 3.44. The van der Waals surface area contributed by atoms with Crippen LogP contribution in [-0.4, -0.2) is 18.2 Å². The molecule has 1 heterocycles. The highest BCUT2D eigenvalue weighted by atomic mass is 16.3. The van der Waals surface area contributed by atoms with Crippen molar-refractivity contribution in [1.82, 2.24) is 0 Å². The summed E-state index contributed by atoms with van der Waals surface area (Å²) < 4.78 is 0. The van der Waals surface area contributed by atoms with E-state index in [0.717, 1.165) is 38.8 Å². The molecular weight excluding hydrogens is 182 g/mol. The molecule has 1 N–H and O–H groups in total. The molecule has 1 aliphatic heterocycles. The lowest BCUT2D eigenvalue weighted by Crippen LogP contribution is -2.40. The van der Waals surface area contributed by atoms with E-state index < -0.39 is 10.9 Å². The van der Waals surface area contributed by atoms with Crippen LogP contribution in [0.5, 0.6) is 5.75 Å². The zero-order valence-electron chi connectivity index (χ0n) is 7.95. The van der Waals surface area contributed by atoms with Crippen molar-refractivity contribution in [1.29, 1.82) is 0 Å². The highest BCUT2D eigenvalue weighted by molar-refractivity contribution is 5.62. The molecule has 1 fully saturated rings. The molecule has 0 bridgehead atoms. The molecule has 0 radical (unpaired) electrons. The van der Waals surface area contributed by atoms with Crippen molar-refractivity contribution in [3.8, 4) is 5.75 Å². The van der Waals surface area contributed by atoms with Crippen molar-refractivity contribution >= 4 is 5.69 Å². The monoisotopic (exact) mass is 195 g/mol. The third kappa shape index (κ3) is 1.31. The molecule has 0 amide bonds. The largest absolute Gasteiger partial charge is 0.502 e. The van der Waals surface area contributed by atoms with Gasteiger partial charge in [0.05, 0.1) is 0 Å². The lowest BCUT2D eigenvalue weighted by Gasteiger charge is -2.23. The van der Waals surface area contributed by atoms with Gasteiger partial charge in [0.1, 0.15) is 5.69 Å². The molecule has 1 aromatic carbocycles. The van der Waals surface area contributed by atoms with E-state index in [9.17, 15) is 14.7 Å². The molecule has 0 aromatic heterocycles. The molecule has 4 heteroatoms. The van der Waals surface area contributed by atoms with Crippen LogP contribution in [0.15, 0.2) is 9.59 Å². The van der Waals surface area contributed by atoms with E-state index in [1.165, 1.54) is 0 Å². The Bertz CT molecular complexity index is 395. The number of anilines is 1. The maximum Gasteiger partial charge on any atom is 0.271 e. The van der Waals surface area contributed by atoms with Crippen LogP contribution >= 0.6 is 0 Å². The number of rotatable bonds is 1. The van der Waals surface area contributed by atoms with Crippen LogP contribution in [0, 0.1) is 0 Å². The molecule has 1 aromatic rings. The molecule has 0 atom stereocenters. The number of hydrogen-bond acceptors (Lipinski definition) is 4. The van der Waals surface area contributed by atoms with Gasteiger partial charge in [-0.1, -0.05) is 12.8 Å². The fourth-order valence-corrected chi connectivity index (χ4v) is 1.96. The molecule has 2 rings (SSSR count). The molecular formula is C10H13NO3. The standard InChI is InChI=1S/C10H13NO3/c12-8-7(9(13)10(8)14)11-5-3-1-2-4-6-11/h12H,1-6H2. The second-order valence-electron chi connectivity index (χ2n) is 3.76. The number of aromatic hydroxyl groups is 1. The van der Waals surface area contributed by atoms with Gasteiger partial charge in [-0.3, -0.25) is 9.59 Å². The molecule has 4 nitrogen and oxygen atoms in total. The maximum absolute atomic E-state index is 11.2. The van der Waals surface area contributed by atoms with Crippen molar-refractivity contribution in [2.24, 2.45) is 0 Å². The summed E-state index contributed by atoms with van der Waals surface area (Å²) in [7, 11) is 0. The first-order valence-electron chi connectivity index (χ1n) is 4.99. The van der Waals surface area contributed by atoms with Gasteiger partial charge >= 0.3 is 0 Å². The van der Waals surface area contributed by atoms with E-state index >= 15 is 0 Å². The molecule has 0 unspecified atom stereocenters. The van der Waals surface area contributed by atoms with Gasteiger partial charge in [-0.05, 0) is 12.8 Å². The molecule has 1 saturated heterocycles. The number of hydrogen-bond donors (Lipinski definition) is 1. The first-order valence-corrected chi connectivity index (χ1v) is 4.99. The maximum atomic E-state index is 11.2. The van der Waals surface area contributed by atoms with E-state index in [0.29, 0.717) is 0 Å². The Kier molecular flexibility index (Phi) is 2.27. The van der Waals surface area contributed by atoms with Crippen molar-refractivity contribution in [3.05, 3.63) is 20.4 Å². The minimum Gasteiger partial charge on any atom is -0.502 e. The molecule has 0 aliphatic carbocycles. The SMILES string of the molecule is O=c1c(O)c(N2CCCCCC2)c1=O. The molecule has 0 spiro atoms. The molecule has 14 heavy (non-hydrogen) atoms. The third-order valence-corrected chi connectivity index (χ3v) is 2.78. The van der Waals surface area contributed by atoms with Gasteiger partial charge in [-0.25, -0.2) is 0 Å². The Hall–Kier alpha value is -1.32. The highest BCUT2D eigenvalue weighted by Crippen LogP contribution is 2.23. The summed E-state index contributed by atoms with van der Waals surface area (Å²) in [5.41, 5.74) is -1.01. The summed E-state index contributed by atoms with van der Waals surface area (Å²) in [5, 5.41) is 9.26. The van der Waals surface area contributed by atoms with Gasteiger partial charge in [0.15, 0.2) is 5.75 Å². The van der Waals surface area contributed by atoms with Crippen LogP contribution in [0.1, 0.15) is 25.7 Å². The van der Waals surface area contributed by atoms with Gasteiger partial charge in [-0.2, -0.15) is 0 Å². The quantitative estimate of drug-likeness (QED) is 0.658. The van der Waals surface area contributed by atoms with Crippen molar-refractivity contribution in [2.45, 2.75) is 25.7 Å². The first-order chi connectivity index (χ1) is 6.72. The van der Waals surface area contributed by atoms with Gasteiger partial charge in [0.2, 0.25) is 0 Å². The lowest BCUT2D eigenvalue weighted by molar-refractivity contribution is 0.461. The fraction of sp³-hybridized carbons (Fsp3) is 0.600. The summed E-state index contributed by atoms with van der Waals surface area (Å²) in [6.07, 6.45) is 4.37. The highest BCUT2D eigenvalue weighted by Gasteiger charge is 2.25. The summed E-state index contributed by atoms with van der Waals surface area (Å²) in [6, 6.07) is 0. The Morgan fingerprint density at radius 2 is 1.50 bits per heavy atom. The predicted octanol–water partition coefficient (Wildman–Crippen LogP) is 0.369. The lowest BCUT2D eigenvalue weighted by atomic mass is 10.2. The van der Waals surface area contributed by atoms with Crippen molar-refractivity contribution < 1.29 is 5.11 Å². The Balaban J connectivity index is 2.22. The second-order valence-corrected chi connectivity index (χ2v) is 3.76. The van der Waals surface area contributed by atoms with E-state index in [1.807, 2.05) is 4.90 Å². The summed E-state index contributed by atoms with van der Waals surface area (Å²) >= 11 is 0. The predicted molar refractivity (Wildman–Crippen MR) is 53.7 cm³/mol. The minimum absolute atomic E-state index is 0.247. The van der Waals surface area contributed by atoms with Crippen LogP contribution < -0.4 is 15.8 Å². The average molecular weight is 195 g/mol. The van der Waals surface area contributed by atoms with Crippen molar-refractivity contribution in [3.63, 3.8) is 0 Å². The van der Waals surface area contributed by atoms with Gasteiger partial charge in [0, 0.05) is 13.1 Å². The average Bonchev–Trinajstić information content (AvgIpc) is 2.46. The van der Waals surface area contributed by atoms with E-state index in [4.69, 9.17) is 0 Å². The Morgan fingerprint density at radius 3 is 2.00 bits per heavy atom. The summed E-state index contributed by atoms with van der Waals surface area (Å²) in [4.78, 5) is 23.8. The molecule has 76 valence electrons. The summed E-state index contributed by atoms with van der Waals surface area (Å²) in [5.74, 6) is -0.336. The first kappa shape index (κ1) is 9.24. The topological polar surface area (TPSA) is 57.6 Å². The molecule has 0 saturated carbocycles. The minimum atomic E-state index is -0.732. The van der Waals surface area contributed by atoms with Crippen LogP contribution in [0.25, 0.3) is 0 Å². The van der Waals surface area contributed by atoms with Gasteiger partial charge in [-0.15, -0.1) is 0 Å².